The molecule has 1 heterocycles. The molecule has 2 rings (SSSR count). The SMILES string of the molecule is COC(=O)Cc1csc(Nc2cc(C)c(Br)c(C)c2)n1. The van der Waals surface area contributed by atoms with E-state index < -0.39 is 0 Å². The van der Waals surface area contributed by atoms with Gasteiger partial charge < -0.3 is 10.1 Å². The number of nitrogens with zero attached hydrogens (tertiary/aromatic N) is 1. The number of aryl methyl sites for hydroxylation is 2. The van der Waals surface area contributed by atoms with Crippen molar-refractivity contribution in [3.05, 3.63) is 38.8 Å². The number of methoxy groups -OCH3 is 1. The van der Waals surface area contributed by atoms with Crippen molar-refractivity contribution in [2.24, 2.45) is 0 Å². The minimum absolute atomic E-state index is 0.201. The highest BCUT2D eigenvalue weighted by molar-refractivity contribution is 9.10. The number of esters is 1. The molecule has 6 heteroatoms. The summed E-state index contributed by atoms with van der Waals surface area (Å²) >= 11 is 5.02. The van der Waals surface area contributed by atoms with E-state index in [1.54, 1.807) is 0 Å². The molecule has 106 valence electrons. The number of halogens is 1. The summed E-state index contributed by atoms with van der Waals surface area (Å²) in [5.41, 5.74) is 4.04. The second kappa shape index (κ2) is 6.37. The van der Waals surface area contributed by atoms with E-state index in [2.05, 4.69) is 43.1 Å². The molecule has 1 aromatic heterocycles. The third-order valence-electron chi connectivity index (χ3n) is 2.79. The van der Waals surface area contributed by atoms with Crippen molar-refractivity contribution in [3.8, 4) is 0 Å². The molecule has 0 aliphatic rings. The van der Waals surface area contributed by atoms with Crippen LogP contribution in [0.1, 0.15) is 16.8 Å². The van der Waals surface area contributed by atoms with Crippen LogP contribution in [-0.4, -0.2) is 18.1 Å². The van der Waals surface area contributed by atoms with Crippen LogP contribution in [0.15, 0.2) is 22.0 Å². The highest BCUT2D eigenvalue weighted by Crippen LogP contribution is 2.28. The number of benzene rings is 1. The number of carbonyl (C=O) groups excluding carboxylic acids is 1. The van der Waals surface area contributed by atoms with Crippen molar-refractivity contribution >= 4 is 44.1 Å². The van der Waals surface area contributed by atoms with Gasteiger partial charge in [0.05, 0.1) is 19.2 Å². The quantitative estimate of drug-likeness (QED) is 0.843. The van der Waals surface area contributed by atoms with Crippen LogP contribution < -0.4 is 5.32 Å². The second-order valence-electron chi connectivity index (χ2n) is 4.45. The molecule has 20 heavy (non-hydrogen) atoms. The zero-order valence-corrected chi connectivity index (χ0v) is 13.9. The summed E-state index contributed by atoms with van der Waals surface area (Å²) in [5.74, 6) is -0.280. The first-order valence-corrected chi connectivity index (χ1v) is 7.72. The van der Waals surface area contributed by atoms with E-state index in [4.69, 9.17) is 0 Å². The average molecular weight is 355 g/mol. The Morgan fingerprint density at radius 1 is 1.40 bits per heavy atom. The summed E-state index contributed by atoms with van der Waals surface area (Å²) in [6, 6.07) is 4.11. The van der Waals surface area contributed by atoms with Gasteiger partial charge in [0, 0.05) is 15.5 Å². The molecule has 1 aromatic carbocycles. The Balaban J connectivity index is 2.12. The molecule has 0 amide bonds. The summed E-state index contributed by atoms with van der Waals surface area (Å²) in [5, 5.41) is 5.89. The fraction of sp³-hybridized carbons (Fsp3) is 0.286. The maximum absolute atomic E-state index is 11.2. The van der Waals surface area contributed by atoms with Gasteiger partial charge in [-0.05, 0) is 37.1 Å². The highest BCUT2D eigenvalue weighted by atomic mass is 79.9. The predicted molar refractivity (Wildman–Crippen MR) is 84.7 cm³/mol. The Labute approximate surface area is 130 Å². The standard InChI is InChI=1S/C14H15BrN2O2S/c1-8-4-10(5-9(2)13(8)15)16-14-17-11(7-20-14)6-12(18)19-3/h4-5,7H,6H2,1-3H3,(H,16,17). The van der Waals surface area contributed by atoms with Crippen molar-refractivity contribution in [2.75, 3.05) is 12.4 Å². The lowest BCUT2D eigenvalue weighted by Crippen LogP contribution is -2.04. The highest BCUT2D eigenvalue weighted by Gasteiger charge is 2.09. The lowest BCUT2D eigenvalue weighted by Gasteiger charge is -2.08. The van der Waals surface area contributed by atoms with E-state index in [9.17, 15) is 4.79 Å². The molecule has 0 unspecified atom stereocenters. The molecule has 0 fully saturated rings. The van der Waals surface area contributed by atoms with Gasteiger partial charge in [0.25, 0.3) is 0 Å². The number of rotatable bonds is 4. The molecule has 2 aromatic rings. The third-order valence-corrected chi connectivity index (χ3v) is 4.85. The van der Waals surface area contributed by atoms with E-state index >= 15 is 0 Å². The fourth-order valence-electron chi connectivity index (χ4n) is 1.81. The van der Waals surface area contributed by atoms with Gasteiger partial charge in [-0.15, -0.1) is 11.3 Å². The monoisotopic (exact) mass is 354 g/mol. The summed E-state index contributed by atoms with van der Waals surface area (Å²) in [4.78, 5) is 15.6. The Morgan fingerprint density at radius 2 is 2.05 bits per heavy atom. The topological polar surface area (TPSA) is 51.2 Å². The number of thiazole rings is 1. The zero-order chi connectivity index (χ0) is 14.7. The predicted octanol–water partition coefficient (Wildman–Crippen LogP) is 3.98. The van der Waals surface area contributed by atoms with Crippen LogP contribution in [0.2, 0.25) is 0 Å². The number of carbonyl (C=O) groups is 1. The van der Waals surface area contributed by atoms with Crippen LogP contribution in [-0.2, 0) is 16.0 Å². The lowest BCUT2D eigenvalue weighted by molar-refractivity contribution is -0.139. The van der Waals surface area contributed by atoms with Crippen molar-refractivity contribution in [1.82, 2.24) is 4.98 Å². The molecule has 1 N–H and O–H groups in total. The zero-order valence-electron chi connectivity index (χ0n) is 11.5. The van der Waals surface area contributed by atoms with Crippen LogP contribution in [0, 0.1) is 13.8 Å². The molecule has 0 aliphatic heterocycles. The maximum Gasteiger partial charge on any atom is 0.311 e. The normalized spacial score (nSPS) is 10.4. The van der Waals surface area contributed by atoms with Crippen LogP contribution in [0.5, 0.6) is 0 Å². The Kier molecular flexibility index (Phi) is 4.77. The molecule has 0 saturated carbocycles. The van der Waals surface area contributed by atoms with Gasteiger partial charge in [-0.3, -0.25) is 4.79 Å². The second-order valence-corrected chi connectivity index (χ2v) is 6.10. The number of anilines is 2. The van der Waals surface area contributed by atoms with Gasteiger partial charge in [0.15, 0.2) is 5.13 Å². The van der Waals surface area contributed by atoms with E-state index in [1.165, 1.54) is 29.6 Å². The smallest absolute Gasteiger partial charge is 0.311 e. The Bertz CT molecular complexity index is 617. The minimum Gasteiger partial charge on any atom is -0.469 e. The Hall–Kier alpha value is -1.40. The molecular formula is C14H15BrN2O2S. The average Bonchev–Trinajstić information content (AvgIpc) is 2.83. The van der Waals surface area contributed by atoms with Crippen LogP contribution in [0.25, 0.3) is 0 Å². The number of aromatic nitrogens is 1. The number of ether oxygens (including phenoxy) is 1. The van der Waals surface area contributed by atoms with Crippen LogP contribution in [0.3, 0.4) is 0 Å². The van der Waals surface area contributed by atoms with E-state index in [-0.39, 0.29) is 12.4 Å². The number of hydrogen-bond donors (Lipinski definition) is 1. The molecule has 0 saturated heterocycles. The summed E-state index contributed by atoms with van der Waals surface area (Å²) < 4.78 is 5.75. The van der Waals surface area contributed by atoms with Crippen molar-refractivity contribution < 1.29 is 9.53 Å². The molecular weight excluding hydrogens is 340 g/mol. The maximum atomic E-state index is 11.2. The Morgan fingerprint density at radius 3 is 2.65 bits per heavy atom. The summed E-state index contributed by atoms with van der Waals surface area (Å²) in [6.07, 6.45) is 0.201. The fourth-order valence-corrected chi connectivity index (χ4v) is 2.77. The van der Waals surface area contributed by atoms with Gasteiger partial charge in [0.2, 0.25) is 0 Å². The van der Waals surface area contributed by atoms with Gasteiger partial charge in [-0.25, -0.2) is 4.98 Å². The van der Waals surface area contributed by atoms with E-state index in [0.29, 0.717) is 0 Å². The van der Waals surface area contributed by atoms with Crippen LogP contribution >= 0.6 is 27.3 Å². The minimum atomic E-state index is -0.280. The molecule has 0 bridgehead atoms. The van der Waals surface area contributed by atoms with Gasteiger partial charge in [0.1, 0.15) is 0 Å². The lowest BCUT2D eigenvalue weighted by atomic mass is 10.1. The number of hydrogen-bond acceptors (Lipinski definition) is 5. The van der Waals surface area contributed by atoms with Crippen molar-refractivity contribution in [1.29, 1.82) is 0 Å². The first-order valence-electron chi connectivity index (χ1n) is 6.04. The number of nitrogens with one attached hydrogen (secondary N) is 1. The van der Waals surface area contributed by atoms with E-state index in [1.807, 2.05) is 19.2 Å². The van der Waals surface area contributed by atoms with Gasteiger partial charge >= 0.3 is 5.97 Å². The summed E-state index contributed by atoms with van der Waals surface area (Å²) in [7, 11) is 1.38. The molecule has 0 spiro atoms. The first kappa shape index (κ1) is 15.0. The molecule has 0 aliphatic carbocycles. The van der Waals surface area contributed by atoms with E-state index in [0.717, 1.165) is 21.0 Å². The van der Waals surface area contributed by atoms with Crippen molar-refractivity contribution in [2.45, 2.75) is 20.3 Å². The third kappa shape index (κ3) is 3.58. The molecule has 4 nitrogen and oxygen atoms in total. The largest absolute Gasteiger partial charge is 0.469 e. The molecule has 0 radical (unpaired) electrons. The molecule has 0 atom stereocenters. The van der Waals surface area contributed by atoms with Gasteiger partial charge in [-0.2, -0.15) is 0 Å². The van der Waals surface area contributed by atoms with Crippen LogP contribution in [0.4, 0.5) is 10.8 Å². The first-order chi connectivity index (χ1) is 9.49. The van der Waals surface area contributed by atoms with Gasteiger partial charge in [-0.1, -0.05) is 15.9 Å². The summed E-state index contributed by atoms with van der Waals surface area (Å²) in [6.45, 7) is 4.10. The van der Waals surface area contributed by atoms with Crippen molar-refractivity contribution in [3.63, 3.8) is 0 Å².